The molecule has 0 saturated carbocycles. The highest BCUT2D eigenvalue weighted by Gasteiger charge is 1.98. The third kappa shape index (κ3) is 3.32. The van der Waals surface area contributed by atoms with E-state index < -0.39 is 0 Å². The lowest BCUT2D eigenvalue weighted by Crippen LogP contribution is -2.07. The van der Waals surface area contributed by atoms with Crippen molar-refractivity contribution in [1.82, 2.24) is 5.32 Å². The fourth-order valence-electron chi connectivity index (χ4n) is 1.74. The molecule has 87 valence electrons. The predicted molar refractivity (Wildman–Crippen MR) is 74.0 cm³/mol. The lowest BCUT2D eigenvalue weighted by Gasteiger charge is -2.04. The van der Waals surface area contributed by atoms with Crippen molar-refractivity contribution >= 4 is 11.6 Å². The number of rotatable bonds is 4. The van der Waals surface area contributed by atoms with E-state index in [-0.39, 0.29) is 0 Å². The Bertz CT molecular complexity index is 459. The van der Waals surface area contributed by atoms with E-state index in [2.05, 4.69) is 36.6 Å². The second kappa shape index (κ2) is 5.85. The average Bonchev–Trinajstić information content (AvgIpc) is 2.38. The van der Waals surface area contributed by atoms with Crippen LogP contribution in [0.5, 0.6) is 0 Å². The molecule has 0 aliphatic carbocycles. The van der Waals surface area contributed by atoms with Crippen LogP contribution in [0.1, 0.15) is 5.56 Å². The van der Waals surface area contributed by atoms with Gasteiger partial charge >= 0.3 is 0 Å². The molecule has 0 saturated heterocycles. The van der Waals surface area contributed by atoms with Crippen molar-refractivity contribution in [3.05, 3.63) is 66.2 Å². The molecule has 17 heavy (non-hydrogen) atoms. The Balaban J connectivity index is 2.14. The first kappa shape index (κ1) is 12.2. The van der Waals surface area contributed by atoms with Gasteiger partial charge in [0, 0.05) is 12.1 Å². The van der Waals surface area contributed by atoms with Crippen molar-refractivity contribution < 1.29 is 0 Å². The van der Waals surface area contributed by atoms with Gasteiger partial charge in [-0.25, -0.2) is 0 Å². The van der Waals surface area contributed by atoms with Gasteiger partial charge < -0.3 is 5.32 Å². The standard InChI is InChI=1S/C15H15ClN/c1-17-11-10-12-2-4-13(5-3-12)14-6-8-15(16)9-7-14/h2-9,17H,1,10-11H2. The lowest BCUT2D eigenvalue weighted by atomic mass is 10.0. The Morgan fingerprint density at radius 2 is 1.41 bits per heavy atom. The van der Waals surface area contributed by atoms with Crippen molar-refractivity contribution in [2.75, 3.05) is 6.54 Å². The van der Waals surface area contributed by atoms with E-state index in [1.165, 1.54) is 16.7 Å². The summed E-state index contributed by atoms with van der Waals surface area (Å²) in [5.74, 6) is 0. The first-order valence-electron chi connectivity index (χ1n) is 5.64. The minimum absolute atomic E-state index is 0.770. The molecule has 0 atom stereocenters. The highest BCUT2D eigenvalue weighted by Crippen LogP contribution is 2.21. The van der Waals surface area contributed by atoms with Crippen LogP contribution in [0.3, 0.4) is 0 Å². The number of hydrogen-bond donors (Lipinski definition) is 1. The molecule has 2 aromatic carbocycles. The minimum Gasteiger partial charge on any atom is -0.315 e. The Kier molecular flexibility index (Phi) is 4.18. The maximum Gasteiger partial charge on any atom is 0.0406 e. The van der Waals surface area contributed by atoms with Gasteiger partial charge in [-0.15, -0.1) is 0 Å². The molecule has 1 nitrogen and oxygen atoms in total. The summed E-state index contributed by atoms with van der Waals surface area (Å²) in [6.07, 6.45) is 1.00. The van der Waals surface area contributed by atoms with Gasteiger partial charge in [0.05, 0.1) is 0 Å². The molecule has 0 aromatic heterocycles. The normalized spacial score (nSPS) is 10.5. The molecule has 0 spiro atoms. The lowest BCUT2D eigenvalue weighted by molar-refractivity contribution is 0.829. The van der Waals surface area contributed by atoms with Gasteiger partial charge in [-0.3, -0.25) is 0 Å². The summed E-state index contributed by atoms with van der Waals surface area (Å²) in [5, 5.41) is 3.67. The molecular weight excluding hydrogens is 230 g/mol. The van der Waals surface area contributed by atoms with Gasteiger partial charge in [0.25, 0.3) is 0 Å². The van der Waals surface area contributed by atoms with Crippen LogP contribution in [0.25, 0.3) is 11.1 Å². The summed E-state index contributed by atoms with van der Waals surface area (Å²) in [5.41, 5.74) is 3.73. The monoisotopic (exact) mass is 244 g/mol. The van der Waals surface area contributed by atoms with Crippen molar-refractivity contribution in [1.29, 1.82) is 0 Å². The summed E-state index contributed by atoms with van der Waals surface area (Å²) in [4.78, 5) is 0. The van der Waals surface area contributed by atoms with Crippen LogP contribution in [0, 0.1) is 7.05 Å². The van der Waals surface area contributed by atoms with Crippen molar-refractivity contribution in [3.63, 3.8) is 0 Å². The molecule has 2 rings (SSSR count). The van der Waals surface area contributed by atoms with Gasteiger partial charge in [0.15, 0.2) is 0 Å². The fraction of sp³-hybridized carbons (Fsp3) is 0.133. The molecule has 0 aliphatic heterocycles. The largest absolute Gasteiger partial charge is 0.315 e. The predicted octanol–water partition coefficient (Wildman–Crippen LogP) is 3.93. The first-order chi connectivity index (χ1) is 8.29. The van der Waals surface area contributed by atoms with E-state index in [9.17, 15) is 0 Å². The summed E-state index contributed by atoms with van der Waals surface area (Å²) in [7, 11) is 3.61. The van der Waals surface area contributed by atoms with E-state index in [1.54, 1.807) is 0 Å². The molecule has 0 fully saturated rings. The smallest absolute Gasteiger partial charge is 0.0406 e. The number of hydrogen-bond acceptors (Lipinski definition) is 1. The zero-order chi connectivity index (χ0) is 12.1. The van der Waals surface area contributed by atoms with E-state index in [1.807, 2.05) is 24.3 Å². The second-order valence-corrected chi connectivity index (χ2v) is 4.39. The van der Waals surface area contributed by atoms with E-state index in [0.29, 0.717) is 0 Å². The van der Waals surface area contributed by atoms with Crippen LogP contribution in [0.4, 0.5) is 0 Å². The topological polar surface area (TPSA) is 12.0 Å². The van der Waals surface area contributed by atoms with Crippen LogP contribution >= 0.6 is 11.6 Å². The molecule has 1 radical (unpaired) electrons. The maximum atomic E-state index is 5.87. The Morgan fingerprint density at radius 3 is 1.94 bits per heavy atom. The minimum atomic E-state index is 0.770. The SMILES string of the molecule is [CH2]NCCc1ccc(-c2ccc(Cl)cc2)cc1. The molecular formula is C15H15ClN. The quantitative estimate of drug-likeness (QED) is 0.859. The molecule has 1 N–H and O–H groups in total. The van der Waals surface area contributed by atoms with E-state index >= 15 is 0 Å². The van der Waals surface area contributed by atoms with E-state index in [0.717, 1.165) is 18.0 Å². The van der Waals surface area contributed by atoms with Crippen LogP contribution in [0.15, 0.2) is 48.5 Å². The molecule has 0 heterocycles. The highest BCUT2D eigenvalue weighted by molar-refractivity contribution is 6.30. The Morgan fingerprint density at radius 1 is 0.882 bits per heavy atom. The zero-order valence-electron chi connectivity index (χ0n) is 9.62. The summed E-state index contributed by atoms with van der Waals surface area (Å²) in [6.45, 7) is 0.903. The average molecular weight is 245 g/mol. The van der Waals surface area contributed by atoms with Gasteiger partial charge in [0.1, 0.15) is 0 Å². The summed E-state index contributed by atoms with van der Waals surface area (Å²) >= 11 is 5.87. The number of benzene rings is 2. The zero-order valence-corrected chi connectivity index (χ0v) is 10.4. The number of nitrogens with one attached hydrogen (secondary N) is 1. The van der Waals surface area contributed by atoms with Crippen molar-refractivity contribution in [2.45, 2.75) is 6.42 Å². The van der Waals surface area contributed by atoms with E-state index in [4.69, 9.17) is 11.6 Å². The molecule has 0 unspecified atom stereocenters. The second-order valence-electron chi connectivity index (χ2n) is 3.95. The number of halogens is 1. The van der Waals surface area contributed by atoms with Crippen LogP contribution in [0.2, 0.25) is 5.02 Å². The van der Waals surface area contributed by atoms with Gasteiger partial charge in [-0.1, -0.05) is 48.0 Å². The maximum absolute atomic E-state index is 5.87. The van der Waals surface area contributed by atoms with Crippen molar-refractivity contribution in [2.24, 2.45) is 0 Å². The molecule has 2 aromatic rings. The summed E-state index contributed by atoms with van der Waals surface area (Å²) < 4.78 is 0. The molecule has 0 amide bonds. The van der Waals surface area contributed by atoms with Crippen LogP contribution in [-0.2, 0) is 6.42 Å². The highest BCUT2D eigenvalue weighted by atomic mass is 35.5. The molecule has 0 aliphatic rings. The van der Waals surface area contributed by atoms with Crippen LogP contribution < -0.4 is 5.32 Å². The Hall–Kier alpha value is -1.31. The van der Waals surface area contributed by atoms with Gasteiger partial charge in [-0.2, -0.15) is 0 Å². The Labute approximate surface area is 107 Å². The molecule has 0 bridgehead atoms. The third-order valence-corrected chi connectivity index (χ3v) is 2.97. The molecule has 2 heteroatoms. The third-order valence-electron chi connectivity index (χ3n) is 2.72. The summed E-state index contributed by atoms with van der Waals surface area (Å²) in [6, 6.07) is 16.5. The van der Waals surface area contributed by atoms with Crippen molar-refractivity contribution in [3.8, 4) is 11.1 Å². The van der Waals surface area contributed by atoms with Gasteiger partial charge in [-0.05, 0) is 41.8 Å². The first-order valence-corrected chi connectivity index (χ1v) is 6.02. The fourth-order valence-corrected chi connectivity index (χ4v) is 1.86. The van der Waals surface area contributed by atoms with Crippen LogP contribution in [-0.4, -0.2) is 6.54 Å². The van der Waals surface area contributed by atoms with Gasteiger partial charge in [0.2, 0.25) is 0 Å².